The van der Waals surface area contributed by atoms with Crippen LogP contribution in [0.2, 0.25) is 0 Å². The van der Waals surface area contributed by atoms with Gasteiger partial charge in [-0.25, -0.2) is 4.98 Å². The Labute approximate surface area is 118 Å². The van der Waals surface area contributed by atoms with E-state index < -0.39 is 0 Å². The molecular formula is C15H19N3S. The molecule has 19 heavy (non-hydrogen) atoms. The fourth-order valence-electron chi connectivity index (χ4n) is 2.52. The fraction of sp³-hybridized carbons (Fsp3) is 0.467. The van der Waals surface area contributed by atoms with Gasteiger partial charge in [0.1, 0.15) is 5.82 Å². The van der Waals surface area contributed by atoms with Gasteiger partial charge in [0.2, 0.25) is 5.13 Å². The van der Waals surface area contributed by atoms with E-state index >= 15 is 0 Å². The maximum absolute atomic E-state index is 4.56. The Morgan fingerprint density at radius 3 is 2.79 bits per heavy atom. The molecule has 4 heteroatoms. The van der Waals surface area contributed by atoms with Crippen LogP contribution >= 0.6 is 11.5 Å². The van der Waals surface area contributed by atoms with Crippen LogP contribution in [0.5, 0.6) is 0 Å². The molecule has 1 aromatic carbocycles. The molecule has 100 valence electrons. The van der Waals surface area contributed by atoms with E-state index in [0.717, 1.165) is 23.8 Å². The van der Waals surface area contributed by atoms with Crippen molar-refractivity contribution in [2.24, 2.45) is 0 Å². The number of nitrogens with one attached hydrogen (secondary N) is 1. The zero-order valence-electron chi connectivity index (χ0n) is 11.4. The summed E-state index contributed by atoms with van der Waals surface area (Å²) in [6.07, 6.45) is 3.42. The van der Waals surface area contributed by atoms with Crippen molar-refractivity contribution in [1.29, 1.82) is 0 Å². The normalized spacial score (nSPS) is 18.4. The molecule has 1 N–H and O–H groups in total. The minimum atomic E-state index is 0.402. The third-order valence-electron chi connectivity index (χ3n) is 3.63. The summed E-state index contributed by atoms with van der Waals surface area (Å²) in [5.41, 5.74) is 2.97. The molecule has 1 aromatic heterocycles. The molecule has 0 bridgehead atoms. The highest BCUT2D eigenvalue weighted by Crippen LogP contribution is 2.25. The molecule has 1 heterocycles. The molecule has 0 aliphatic heterocycles. The summed E-state index contributed by atoms with van der Waals surface area (Å²) < 4.78 is 4.39. The standard InChI is InChI=1S/C15H19N3S/c1-10(2)14-17-15(19-18-14)16-13-8-7-11-5-3-4-6-12(11)9-13/h3-6,10,13H,7-9H2,1-2H3,(H,16,17,18). The maximum atomic E-state index is 4.56. The molecule has 1 atom stereocenters. The van der Waals surface area contributed by atoms with Crippen molar-refractivity contribution in [1.82, 2.24) is 9.36 Å². The van der Waals surface area contributed by atoms with Crippen molar-refractivity contribution in [3.63, 3.8) is 0 Å². The summed E-state index contributed by atoms with van der Waals surface area (Å²) in [4.78, 5) is 4.56. The zero-order valence-corrected chi connectivity index (χ0v) is 12.2. The largest absolute Gasteiger partial charge is 0.357 e. The van der Waals surface area contributed by atoms with Gasteiger partial charge < -0.3 is 5.32 Å². The Morgan fingerprint density at radius 1 is 1.26 bits per heavy atom. The van der Waals surface area contributed by atoms with Crippen molar-refractivity contribution >= 4 is 16.7 Å². The summed E-state index contributed by atoms with van der Waals surface area (Å²) in [7, 11) is 0. The monoisotopic (exact) mass is 273 g/mol. The molecular weight excluding hydrogens is 254 g/mol. The summed E-state index contributed by atoms with van der Waals surface area (Å²) in [5, 5.41) is 4.51. The SMILES string of the molecule is CC(C)c1nsc(NC2CCc3ccccc3C2)n1. The lowest BCUT2D eigenvalue weighted by molar-refractivity contribution is 0.610. The number of benzene rings is 1. The molecule has 0 saturated heterocycles. The van der Waals surface area contributed by atoms with Crippen LogP contribution in [0.3, 0.4) is 0 Å². The smallest absolute Gasteiger partial charge is 0.202 e. The molecule has 0 saturated carbocycles. The highest BCUT2D eigenvalue weighted by atomic mass is 32.1. The van der Waals surface area contributed by atoms with E-state index in [1.54, 1.807) is 0 Å². The number of hydrogen-bond donors (Lipinski definition) is 1. The molecule has 3 rings (SSSR count). The summed E-state index contributed by atoms with van der Waals surface area (Å²) in [6.45, 7) is 4.26. The molecule has 1 aliphatic carbocycles. The van der Waals surface area contributed by atoms with Crippen LogP contribution in [-0.2, 0) is 12.8 Å². The van der Waals surface area contributed by atoms with Gasteiger partial charge in [0, 0.05) is 23.5 Å². The van der Waals surface area contributed by atoms with E-state index in [1.807, 2.05) is 0 Å². The molecule has 0 fully saturated rings. The summed E-state index contributed by atoms with van der Waals surface area (Å²) in [5.74, 6) is 1.35. The van der Waals surface area contributed by atoms with Crippen LogP contribution in [0.25, 0.3) is 0 Å². The molecule has 2 aromatic rings. The number of rotatable bonds is 3. The third-order valence-corrected chi connectivity index (χ3v) is 4.29. The van der Waals surface area contributed by atoms with Crippen LogP contribution < -0.4 is 5.32 Å². The highest BCUT2D eigenvalue weighted by Gasteiger charge is 2.19. The van der Waals surface area contributed by atoms with Gasteiger partial charge in [0.05, 0.1) is 0 Å². The van der Waals surface area contributed by atoms with E-state index in [-0.39, 0.29) is 0 Å². The predicted molar refractivity (Wildman–Crippen MR) is 79.9 cm³/mol. The molecule has 0 spiro atoms. The summed E-state index contributed by atoms with van der Waals surface area (Å²) >= 11 is 1.48. The number of aryl methyl sites for hydroxylation is 1. The topological polar surface area (TPSA) is 37.8 Å². The first-order valence-electron chi connectivity index (χ1n) is 6.89. The van der Waals surface area contributed by atoms with Gasteiger partial charge in [0.25, 0.3) is 0 Å². The van der Waals surface area contributed by atoms with Crippen molar-refractivity contribution in [3.8, 4) is 0 Å². The van der Waals surface area contributed by atoms with E-state index in [9.17, 15) is 0 Å². The van der Waals surface area contributed by atoms with Crippen LogP contribution in [0.15, 0.2) is 24.3 Å². The number of aromatic nitrogens is 2. The molecule has 0 radical (unpaired) electrons. The number of hydrogen-bond acceptors (Lipinski definition) is 4. The van der Waals surface area contributed by atoms with Gasteiger partial charge >= 0.3 is 0 Å². The van der Waals surface area contributed by atoms with Crippen molar-refractivity contribution in [2.75, 3.05) is 5.32 Å². The van der Waals surface area contributed by atoms with E-state index in [4.69, 9.17) is 0 Å². The molecule has 3 nitrogen and oxygen atoms in total. The Morgan fingerprint density at radius 2 is 2.05 bits per heavy atom. The number of nitrogens with zero attached hydrogens (tertiary/aromatic N) is 2. The Hall–Kier alpha value is -1.42. The Bertz CT molecular complexity index is 562. The Kier molecular flexibility index (Phi) is 3.51. The average molecular weight is 273 g/mol. The number of fused-ring (bicyclic) bond motifs is 1. The molecule has 1 aliphatic rings. The second-order valence-electron chi connectivity index (χ2n) is 5.47. The third kappa shape index (κ3) is 2.78. The Balaban J connectivity index is 1.68. The van der Waals surface area contributed by atoms with Crippen LogP contribution in [0.1, 0.15) is 43.1 Å². The minimum absolute atomic E-state index is 0.402. The van der Waals surface area contributed by atoms with Gasteiger partial charge in [-0.3, -0.25) is 0 Å². The molecule has 0 amide bonds. The van der Waals surface area contributed by atoms with Crippen LogP contribution in [0.4, 0.5) is 5.13 Å². The summed E-state index contributed by atoms with van der Waals surface area (Å²) in [6, 6.07) is 9.23. The van der Waals surface area contributed by atoms with Gasteiger partial charge in [-0.2, -0.15) is 4.37 Å². The first-order chi connectivity index (χ1) is 9.22. The first kappa shape index (κ1) is 12.6. The van der Waals surface area contributed by atoms with E-state index in [0.29, 0.717) is 12.0 Å². The lowest BCUT2D eigenvalue weighted by Crippen LogP contribution is -2.27. The van der Waals surface area contributed by atoms with Crippen LogP contribution in [-0.4, -0.2) is 15.4 Å². The van der Waals surface area contributed by atoms with E-state index in [2.05, 4.69) is 52.8 Å². The first-order valence-corrected chi connectivity index (χ1v) is 7.66. The fourth-order valence-corrected chi connectivity index (χ4v) is 3.31. The van der Waals surface area contributed by atoms with Crippen molar-refractivity contribution in [3.05, 3.63) is 41.2 Å². The van der Waals surface area contributed by atoms with E-state index in [1.165, 1.54) is 29.1 Å². The molecule has 1 unspecified atom stereocenters. The second kappa shape index (κ2) is 5.29. The second-order valence-corrected chi connectivity index (χ2v) is 6.22. The van der Waals surface area contributed by atoms with Gasteiger partial charge in [-0.1, -0.05) is 38.1 Å². The van der Waals surface area contributed by atoms with Crippen molar-refractivity contribution < 1.29 is 0 Å². The number of anilines is 1. The highest BCUT2D eigenvalue weighted by molar-refractivity contribution is 7.09. The van der Waals surface area contributed by atoms with Crippen LogP contribution in [0, 0.1) is 0 Å². The zero-order chi connectivity index (χ0) is 13.2. The van der Waals surface area contributed by atoms with Gasteiger partial charge in [0.15, 0.2) is 0 Å². The lowest BCUT2D eigenvalue weighted by atomic mass is 9.88. The van der Waals surface area contributed by atoms with Gasteiger partial charge in [-0.05, 0) is 30.4 Å². The minimum Gasteiger partial charge on any atom is -0.357 e. The predicted octanol–water partition coefficient (Wildman–Crippen LogP) is 3.63. The lowest BCUT2D eigenvalue weighted by Gasteiger charge is -2.25. The van der Waals surface area contributed by atoms with Gasteiger partial charge in [-0.15, -0.1) is 0 Å². The average Bonchev–Trinajstić information content (AvgIpc) is 2.87. The maximum Gasteiger partial charge on any atom is 0.202 e. The van der Waals surface area contributed by atoms with Crippen molar-refractivity contribution in [2.45, 2.75) is 45.1 Å². The quantitative estimate of drug-likeness (QED) is 0.928.